The lowest BCUT2D eigenvalue weighted by molar-refractivity contribution is -0.139. The highest BCUT2D eigenvalue weighted by molar-refractivity contribution is 6.54. The number of rotatable bonds is 4. The maximum atomic E-state index is 11.8. The number of alkyl halides is 2. The first-order chi connectivity index (χ1) is 7.95. The SMILES string of the molecule is C[C@@H](C(=O)O)N(C(=O)C(Cl)Cl)c1ccccc1.Cl. The van der Waals surface area contributed by atoms with Gasteiger partial charge >= 0.3 is 5.97 Å². The van der Waals surface area contributed by atoms with Crippen molar-refractivity contribution in [2.24, 2.45) is 0 Å². The summed E-state index contributed by atoms with van der Waals surface area (Å²) in [5.41, 5.74) is 0.443. The first kappa shape index (κ1) is 17.0. The van der Waals surface area contributed by atoms with Gasteiger partial charge in [-0.3, -0.25) is 9.69 Å². The van der Waals surface area contributed by atoms with Crippen molar-refractivity contribution < 1.29 is 14.7 Å². The molecule has 1 atom stereocenters. The van der Waals surface area contributed by atoms with E-state index in [2.05, 4.69) is 0 Å². The van der Waals surface area contributed by atoms with Gasteiger partial charge in [-0.2, -0.15) is 0 Å². The lowest BCUT2D eigenvalue weighted by Gasteiger charge is -2.27. The van der Waals surface area contributed by atoms with Crippen molar-refractivity contribution in [1.82, 2.24) is 0 Å². The van der Waals surface area contributed by atoms with E-state index in [4.69, 9.17) is 28.3 Å². The van der Waals surface area contributed by atoms with E-state index < -0.39 is 22.8 Å². The van der Waals surface area contributed by atoms with Crippen molar-refractivity contribution in [3.63, 3.8) is 0 Å². The fraction of sp³-hybridized carbons (Fsp3) is 0.273. The van der Waals surface area contributed by atoms with E-state index in [0.717, 1.165) is 4.90 Å². The zero-order valence-corrected chi connectivity index (χ0v) is 11.7. The number of hydrogen-bond donors (Lipinski definition) is 1. The van der Waals surface area contributed by atoms with E-state index in [1.807, 2.05) is 0 Å². The zero-order valence-electron chi connectivity index (χ0n) is 9.42. The van der Waals surface area contributed by atoms with Crippen LogP contribution in [-0.4, -0.2) is 27.9 Å². The minimum atomic E-state index is -1.29. The van der Waals surface area contributed by atoms with E-state index in [9.17, 15) is 9.59 Å². The molecule has 0 aliphatic carbocycles. The number of aliphatic carboxylic acids is 1. The van der Waals surface area contributed by atoms with Crippen LogP contribution in [0.15, 0.2) is 30.3 Å². The molecular weight excluding hydrogens is 300 g/mol. The first-order valence-corrected chi connectivity index (χ1v) is 5.71. The van der Waals surface area contributed by atoms with Crippen molar-refractivity contribution in [3.05, 3.63) is 30.3 Å². The summed E-state index contributed by atoms with van der Waals surface area (Å²) in [7, 11) is 0. The van der Waals surface area contributed by atoms with Crippen LogP contribution in [0, 0.1) is 0 Å². The van der Waals surface area contributed by atoms with Gasteiger partial charge in [-0.15, -0.1) is 12.4 Å². The maximum Gasteiger partial charge on any atom is 0.326 e. The second-order valence-electron chi connectivity index (χ2n) is 3.36. The smallest absolute Gasteiger partial charge is 0.326 e. The van der Waals surface area contributed by atoms with Crippen LogP contribution in [0.3, 0.4) is 0 Å². The Bertz CT molecular complexity index is 411. The average molecular weight is 313 g/mol. The molecule has 0 fully saturated rings. The maximum absolute atomic E-state index is 11.8. The second kappa shape index (κ2) is 7.46. The number of carbonyl (C=O) groups is 2. The zero-order chi connectivity index (χ0) is 13.0. The Hall–Kier alpha value is -0.970. The first-order valence-electron chi connectivity index (χ1n) is 4.84. The summed E-state index contributed by atoms with van der Waals surface area (Å²) in [6.07, 6.45) is 0. The van der Waals surface area contributed by atoms with Crippen LogP contribution in [0.5, 0.6) is 0 Å². The number of amides is 1. The van der Waals surface area contributed by atoms with Crippen LogP contribution in [0.1, 0.15) is 6.92 Å². The third kappa shape index (κ3) is 4.05. The van der Waals surface area contributed by atoms with E-state index in [-0.39, 0.29) is 12.4 Å². The number of benzene rings is 1. The molecule has 1 rings (SSSR count). The van der Waals surface area contributed by atoms with Gasteiger partial charge in [-0.05, 0) is 19.1 Å². The molecule has 0 radical (unpaired) electrons. The van der Waals surface area contributed by atoms with Gasteiger partial charge in [-0.25, -0.2) is 4.79 Å². The Morgan fingerprint density at radius 2 is 1.72 bits per heavy atom. The lowest BCUT2D eigenvalue weighted by Crippen LogP contribution is -2.45. The average Bonchev–Trinajstić information content (AvgIpc) is 2.30. The Labute approximate surface area is 121 Å². The number of para-hydroxylation sites is 1. The van der Waals surface area contributed by atoms with Crippen molar-refractivity contribution in [1.29, 1.82) is 0 Å². The second-order valence-corrected chi connectivity index (χ2v) is 4.45. The molecule has 0 aliphatic rings. The highest BCUT2D eigenvalue weighted by Gasteiger charge is 2.30. The van der Waals surface area contributed by atoms with E-state index in [1.54, 1.807) is 30.3 Å². The molecule has 0 unspecified atom stereocenters. The Kier molecular flexibility index (Phi) is 7.06. The van der Waals surface area contributed by atoms with Gasteiger partial charge < -0.3 is 5.11 Å². The lowest BCUT2D eigenvalue weighted by atomic mass is 10.2. The minimum absolute atomic E-state index is 0. The summed E-state index contributed by atoms with van der Waals surface area (Å²) in [4.78, 5) is 22.5. The van der Waals surface area contributed by atoms with Crippen molar-refractivity contribution in [2.75, 3.05) is 4.90 Å². The number of carbonyl (C=O) groups excluding carboxylic acids is 1. The molecule has 0 spiro atoms. The Morgan fingerprint density at radius 3 is 2.11 bits per heavy atom. The summed E-state index contributed by atoms with van der Waals surface area (Å²) in [5.74, 6) is -1.79. The van der Waals surface area contributed by atoms with Crippen molar-refractivity contribution in [2.45, 2.75) is 17.8 Å². The summed E-state index contributed by atoms with van der Waals surface area (Å²) >= 11 is 11.0. The third-order valence-electron chi connectivity index (χ3n) is 2.20. The molecule has 1 N–H and O–H groups in total. The largest absolute Gasteiger partial charge is 0.480 e. The van der Waals surface area contributed by atoms with E-state index in [1.165, 1.54) is 6.92 Å². The van der Waals surface area contributed by atoms with Crippen molar-refractivity contribution >= 4 is 53.2 Å². The van der Waals surface area contributed by atoms with E-state index >= 15 is 0 Å². The molecule has 7 heteroatoms. The molecule has 1 amide bonds. The molecule has 18 heavy (non-hydrogen) atoms. The molecule has 100 valence electrons. The van der Waals surface area contributed by atoms with Crippen LogP contribution in [0.4, 0.5) is 5.69 Å². The molecule has 4 nitrogen and oxygen atoms in total. The summed E-state index contributed by atoms with van der Waals surface area (Å²) < 4.78 is 0. The van der Waals surface area contributed by atoms with Gasteiger partial charge in [0.05, 0.1) is 0 Å². The third-order valence-corrected chi connectivity index (χ3v) is 2.58. The van der Waals surface area contributed by atoms with Gasteiger partial charge in [-0.1, -0.05) is 41.4 Å². The number of carboxylic acids is 1. The standard InChI is InChI=1S/C11H11Cl2NO3.ClH/c1-7(11(16)17)14(10(15)9(12)13)8-5-3-2-4-6-8;/h2-7,9H,1H3,(H,16,17);1H/t7-;/m0./s1. The fourth-order valence-electron chi connectivity index (χ4n) is 1.35. The number of nitrogens with zero attached hydrogens (tertiary/aromatic N) is 1. The Morgan fingerprint density at radius 1 is 1.22 bits per heavy atom. The van der Waals surface area contributed by atoms with Crippen LogP contribution in [0.25, 0.3) is 0 Å². The quantitative estimate of drug-likeness (QED) is 0.870. The predicted molar refractivity (Wildman–Crippen MR) is 73.8 cm³/mol. The molecule has 1 aromatic carbocycles. The molecule has 0 bridgehead atoms. The number of hydrogen-bond acceptors (Lipinski definition) is 2. The minimum Gasteiger partial charge on any atom is -0.480 e. The predicted octanol–water partition coefficient (Wildman–Crippen LogP) is 2.72. The Balaban J connectivity index is 0.00000289. The molecular formula is C11H12Cl3NO3. The summed E-state index contributed by atoms with van der Waals surface area (Å²) in [5, 5.41) is 8.96. The van der Waals surface area contributed by atoms with Crippen LogP contribution < -0.4 is 4.90 Å². The summed E-state index contributed by atoms with van der Waals surface area (Å²) in [6, 6.07) is 7.35. The molecule has 0 aliphatic heterocycles. The van der Waals surface area contributed by atoms with Crippen molar-refractivity contribution in [3.8, 4) is 0 Å². The monoisotopic (exact) mass is 311 g/mol. The molecule has 0 saturated carbocycles. The van der Waals surface area contributed by atoms with E-state index in [0.29, 0.717) is 5.69 Å². The van der Waals surface area contributed by atoms with Crippen LogP contribution >= 0.6 is 35.6 Å². The highest BCUT2D eigenvalue weighted by Crippen LogP contribution is 2.20. The van der Waals surface area contributed by atoms with Gasteiger partial charge in [0.2, 0.25) is 0 Å². The number of anilines is 1. The topological polar surface area (TPSA) is 57.6 Å². The summed E-state index contributed by atoms with van der Waals surface area (Å²) in [6.45, 7) is 1.39. The normalized spacial score (nSPS) is 11.6. The van der Waals surface area contributed by atoms with Gasteiger partial charge in [0, 0.05) is 5.69 Å². The fourth-order valence-corrected chi connectivity index (χ4v) is 1.56. The molecule has 0 heterocycles. The van der Waals surface area contributed by atoms with Crippen LogP contribution in [0.2, 0.25) is 0 Å². The number of halogens is 3. The molecule has 0 saturated heterocycles. The van der Waals surface area contributed by atoms with Crippen LogP contribution in [-0.2, 0) is 9.59 Å². The number of carboxylic acid groups (broad SMARTS) is 1. The van der Waals surface area contributed by atoms with Gasteiger partial charge in [0.15, 0.2) is 4.84 Å². The molecule has 0 aromatic heterocycles. The van der Waals surface area contributed by atoms with Gasteiger partial charge in [0.1, 0.15) is 6.04 Å². The van der Waals surface area contributed by atoms with Gasteiger partial charge in [0.25, 0.3) is 5.91 Å². The highest BCUT2D eigenvalue weighted by atomic mass is 35.5. The molecule has 1 aromatic rings.